The maximum Gasteiger partial charge on any atom is 0.338 e. The molecule has 29 heavy (non-hydrogen) atoms. The maximum absolute atomic E-state index is 12.8. The third-order valence-electron chi connectivity index (χ3n) is 5.00. The summed E-state index contributed by atoms with van der Waals surface area (Å²) in [6.45, 7) is 0.277. The van der Waals surface area contributed by atoms with Gasteiger partial charge in [-0.2, -0.15) is 0 Å². The van der Waals surface area contributed by atoms with Crippen LogP contribution in [0.25, 0.3) is 0 Å². The molecule has 3 rings (SSSR count). The number of benzene rings is 2. The number of hydrogen-bond acceptors (Lipinski definition) is 6. The molecule has 154 valence electrons. The van der Waals surface area contributed by atoms with Gasteiger partial charge in [-0.3, -0.25) is 4.79 Å². The van der Waals surface area contributed by atoms with E-state index >= 15 is 0 Å². The Balaban J connectivity index is 1.69. The van der Waals surface area contributed by atoms with Gasteiger partial charge >= 0.3 is 5.97 Å². The standard InChI is InChI=1S/C22H25NO6/c1-26-16-7-4-6-15(12-16)22(25)29-14-21(24)23-11-5-8-19(23)18-13-17(27-2)9-10-20(18)28-3/h4,6-7,9-10,12-13,19H,5,8,11,14H2,1-3H3/t19-/m1/s1. The molecule has 2 aromatic rings. The summed E-state index contributed by atoms with van der Waals surface area (Å²) in [6.07, 6.45) is 1.67. The van der Waals surface area contributed by atoms with Crippen molar-refractivity contribution in [1.82, 2.24) is 4.90 Å². The summed E-state index contributed by atoms with van der Waals surface area (Å²) in [6, 6.07) is 12.0. The lowest BCUT2D eigenvalue weighted by atomic mass is 10.0. The van der Waals surface area contributed by atoms with Crippen molar-refractivity contribution in [2.45, 2.75) is 18.9 Å². The van der Waals surface area contributed by atoms with Crippen LogP contribution in [0.5, 0.6) is 17.2 Å². The second-order valence-corrected chi connectivity index (χ2v) is 6.66. The smallest absolute Gasteiger partial charge is 0.338 e. The second-order valence-electron chi connectivity index (χ2n) is 6.66. The summed E-state index contributed by atoms with van der Waals surface area (Å²) in [5.41, 5.74) is 1.22. The van der Waals surface area contributed by atoms with Crippen LogP contribution in [-0.2, 0) is 9.53 Å². The Hall–Kier alpha value is -3.22. The van der Waals surface area contributed by atoms with Crippen LogP contribution < -0.4 is 14.2 Å². The SMILES string of the molecule is COc1cccc(C(=O)OCC(=O)N2CCC[C@@H]2c2cc(OC)ccc2OC)c1. The fourth-order valence-electron chi connectivity index (χ4n) is 3.53. The van der Waals surface area contributed by atoms with Crippen molar-refractivity contribution in [2.24, 2.45) is 0 Å². The normalized spacial score (nSPS) is 15.7. The quantitative estimate of drug-likeness (QED) is 0.666. The van der Waals surface area contributed by atoms with Crippen LogP contribution in [0.2, 0.25) is 0 Å². The number of rotatable bonds is 7. The lowest BCUT2D eigenvalue weighted by molar-refractivity contribution is -0.135. The molecule has 7 nitrogen and oxygen atoms in total. The number of ether oxygens (including phenoxy) is 4. The number of carbonyl (C=O) groups excluding carboxylic acids is 2. The van der Waals surface area contributed by atoms with Gasteiger partial charge in [0.2, 0.25) is 0 Å². The van der Waals surface area contributed by atoms with Gasteiger partial charge in [-0.25, -0.2) is 4.79 Å². The highest BCUT2D eigenvalue weighted by molar-refractivity contribution is 5.91. The number of carbonyl (C=O) groups is 2. The molecule has 1 aliphatic heterocycles. The Kier molecular flexibility index (Phi) is 6.59. The summed E-state index contributed by atoms with van der Waals surface area (Å²) >= 11 is 0. The monoisotopic (exact) mass is 399 g/mol. The van der Waals surface area contributed by atoms with Crippen molar-refractivity contribution in [3.63, 3.8) is 0 Å². The average Bonchev–Trinajstić information content (AvgIpc) is 3.26. The Morgan fingerprint density at radius 3 is 2.48 bits per heavy atom. The summed E-state index contributed by atoms with van der Waals surface area (Å²) in [5.74, 6) is 1.14. The van der Waals surface area contributed by atoms with Gasteiger partial charge in [0.1, 0.15) is 17.2 Å². The molecule has 2 aromatic carbocycles. The molecule has 0 aliphatic carbocycles. The largest absolute Gasteiger partial charge is 0.497 e. The Morgan fingerprint density at radius 1 is 1.00 bits per heavy atom. The Bertz CT molecular complexity index is 881. The molecule has 1 amide bonds. The second kappa shape index (κ2) is 9.32. The van der Waals surface area contributed by atoms with Gasteiger partial charge < -0.3 is 23.8 Å². The van der Waals surface area contributed by atoms with Gasteiger partial charge in [-0.1, -0.05) is 6.07 Å². The van der Waals surface area contributed by atoms with Gasteiger partial charge in [0.15, 0.2) is 6.61 Å². The lowest BCUT2D eigenvalue weighted by Crippen LogP contribution is -2.34. The zero-order valence-electron chi connectivity index (χ0n) is 16.8. The highest BCUT2D eigenvalue weighted by Gasteiger charge is 2.32. The van der Waals surface area contributed by atoms with Crippen molar-refractivity contribution in [3.8, 4) is 17.2 Å². The van der Waals surface area contributed by atoms with Crippen molar-refractivity contribution < 1.29 is 28.5 Å². The minimum Gasteiger partial charge on any atom is -0.497 e. The van der Waals surface area contributed by atoms with Crippen LogP contribution in [-0.4, -0.2) is 51.3 Å². The molecule has 1 atom stereocenters. The highest BCUT2D eigenvalue weighted by atomic mass is 16.5. The number of amides is 1. The molecule has 0 bridgehead atoms. The number of hydrogen-bond donors (Lipinski definition) is 0. The number of esters is 1. The first-order valence-corrected chi connectivity index (χ1v) is 9.40. The van der Waals surface area contributed by atoms with Gasteiger partial charge in [0.05, 0.1) is 32.9 Å². The third kappa shape index (κ3) is 4.62. The van der Waals surface area contributed by atoms with Crippen molar-refractivity contribution >= 4 is 11.9 Å². The van der Waals surface area contributed by atoms with E-state index in [1.165, 1.54) is 7.11 Å². The summed E-state index contributed by atoms with van der Waals surface area (Å²) in [4.78, 5) is 26.8. The number of methoxy groups -OCH3 is 3. The van der Waals surface area contributed by atoms with E-state index in [2.05, 4.69) is 0 Å². The van der Waals surface area contributed by atoms with Crippen LogP contribution in [0.1, 0.15) is 34.8 Å². The van der Waals surface area contributed by atoms with E-state index in [-0.39, 0.29) is 18.6 Å². The molecule has 1 aliphatic rings. The minimum absolute atomic E-state index is 0.150. The molecule has 0 saturated carbocycles. The molecular weight excluding hydrogens is 374 g/mol. The molecule has 1 saturated heterocycles. The van der Waals surface area contributed by atoms with Crippen molar-refractivity contribution in [1.29, 1.82) is 0 Å². The van der Waals surface area contributed by atoms with Gasteiger partial charge in [0, 0.05) is 12.1 Å². The summed E-state index contributed by atoms with van der Waals surface area (Å²) < 4.78 is 21.1. The Labute approximate surface area is 170 Å². The molecular formula is C22H25NO6. The van der Waals surface area contributed by atoms with E-state index in [1.54, 1.807) is 43.4 Å². The number of likely N-dealkylation sites (tertiary alicyclic amines) is 1. The van der Waals surface area contributed by atoms with Gasteiger partial charge in [-0.05, 0) is 49.2 Å². The summed E-state index contributed by atoms with van der Waals surface area (Å²) in [7, 11) is 4.72. The van der Waals surface area contributed by atoms with E-state index in [0.717, 1.165) is 18.4 Å². The van der Waals surface area contributed by atoms with E-state index in [0.29, 0.717) is 29.4 Å². The Morgan fingerprint density at radius 2 is 1.76 bits per heavy atom. The van der Waals surface area contributed by atoms with E-state index in [1.807, 2.05) is 18.2 Å². The first kappa shape index (κ1) is 20.5. The molecule has 0 aromatic heterocycles. The minimum atomic E-state index is -0.563. The first-order valence-electron chi connectivity index (χ1n) is 9.40. The van der Waals surface area contributed by atoms with Crippen molar-refractivity contribution in [2.75, 3.05) is 34.5 Å². The van der Waals surface area contributed by atoms with Crippen LogP contribution in [0.15, 0.2) is 42.5 Å². The zero-order chi connectivity index (χ0) is 20.8. The van der Waals surface area contributed by atoms with E-state index in [9.17, 15) is 9.59 Å². The molecule has 1 heterocycles. The van der Waals surface area contributed by atoms with Crippen molar-refractivity contribution in [3.05, 3.63) is 53.6 Å². The molecule has 1 fully saturated rings. The molecule has 0 spiro atoms. The predicted octanol–water partition coefficient (Wildman–Crippen LogP) is 3.23. The van der Waals surface area contributed by atoms with Crippen LogP contribution >= 0.6 is 0 Å². The maximum atomic E-state index is 12.8. The van der Waals surface area contributed by atoms with Gasteiger partial charge in [0.25, 0.3) is 5.91 Å². The topological polar surface area (TPSA) is 74.3 Å². The first-order chi connectivity index (χ1) is 14.1. The predicted molar refractivity (Wildman–Crippen MR) is 107 cm³/mol. The van der Waals surface area contributed by atoms with Crippen LogP contribution in [0.3, 0.4) is 0 Å². The fourth-order valence-corrected chi connectivity index (χ4v) is 3.53. The molecule has 0 unspecified atom stereocenters. The molecule has 0 radical (unpaired) electrons. The fraction of sp³-hybridized carbons (Fsp3) is 0.364. The number of nitrogens with zero attached hydrogens (tertiary/aromatic N) is 1. The van der Waals surface area contributed by atoms with Crippen LogP contribution in [0, 0.1) is 0 Å². The molecule has 0 N–H and O–H groups in total. The lowest BCUT2D eigenvalue weighted by Gasteiger charge is -2.26. The third-order valence-corrected chi connectivity index (χ3v) is 5.00. The summed E-state index contributed by atoms with van der Waals surface area (Å²) in [5, 5.41) is 0. The zero-order valence-corrected chi connectivity index (χ0v) is 16.8. The van der Waals surface area contributed by atoms with E-state index in [4.69, 9.17) is 18.9 Å². The van der Waals surface area contributed by atoms with Gasteiger partial charge in [-0.15, -0.1) is 0 Å². The molecule has 7 heteroatoms. The van der Waals surface area contributed by atoms with E-state index < -0.39 is 5.97 Å². The highest BCUT2D eigenvalue weighted by Crippen LogP contribution is 2.38. The average molecular weight is 399 g/mol. The van der Waals surface area contributed by atoms with Crippen LogP contribution in [0.4, 0.5) is 0 Å².